The lowest BCUT2D eigenvalue weighted by atomic mass is 9.86. The van der Waals surface area contributed by atoms with E-state index in [1.54, 1.807) is 6.08 Å². The van der Waals surface area contributed by atoms with Gasteiger partial charge in [0.25, 0.3) is 0 Å². The highest BCUT2D eigenvalue weighted by atomic mass is 16.4. The number of Topliss-reactive ketones (excluding diaryl/α,β-unsaturated/α-hetero) is 1. The fourth-order valence-corrected chi connectivity index (χ4v) is 4.09. The Morgan fingerprint density at radius 3 is 2.57 bits per heavy atom. The van der Waals surface area contributed by atoms with Crippen LogP contribution in [0.3, 0.4) is 0 Å². The SMILES string of the molecule is C=CCC(O)(CC=C[C@H]1[C@H](O)CC(=O)[C@@H]1CCCCCCC(=O)O)CCCC. The van der Waals surface area contributed by atoms with Gasteiger partial charge in [-0.2, -0.15) is 0 Å². The van der Waals surface area contributed by atoms with E-state index < -0.39 is 17.7 Å². The molecule has 0 aromatic rings. The first-order chi connectivity index (χ1) is 13.3. The molecule has 0 radical (unpaired) electrons. The third kappa shape index (κ3) is 8.70. The molecule has 28 heavy (non-hydrogen) atoms. The van der Waals surface area contributed by atoms with Crippen molar-refractivity contribution in [2.75, 3.05) is 0 Å². The van der Waals surface area contributed by atoms with E-state index in [4.69, 9.17) is 5.11 Å². The van der Waals surface area contributed by atoms with Gasteiger partial charge >= 0.3 is 5.97 Å². The predicted molar refractivity (Wildman–Crippen MR) is 111 cm³/mol. The van der Waals surface area contributed by atoms with Gasteiger partial charge in [0.2, 0.25) is 0 Å². The second-order valence-corrected chi connectivity index (χ2v) is 8.22. The number of rotatable bonds is 15. The van der Waals surface area contributed by atoms with E-state index in [9.17, 15) is 19.8 Å². The molecule has 1 aliphatic rings. The summed E-state index contributed by atoms with van der Waals surface area (Å²) in [6.45, 7) is 5.83. The number of unbranched alkanes of at least 4 members (excludes halogenated alkanes) is 4. The number of carboxylic acid groups (broad SMARTS) is 1. The van der Waals surface area contributed by atoms with Crippen LogP contribution in [0.25, 0.3) is 0 Å². The lowest BCUT2D eigenvalue weighted by molar-refractivity contribution is -0.137. The van der Waals surface area contributed by atoms with Crippen LogP contribution in [-0.2, 0) is 9.59 Å². The Bertz CT molecular complexity index is 527. The summed E-state index contributed by atoms with van der Waals surface area (Å²) in [5.74, 6) is -1.02. The molecule has 0 aromatic carbocycles. The van der Waals surface area contributed by atoms with Gasteiger partial charge < -0.3 is 15.3 Å². The first-order valence-electron chi connectivity index (χ1n) is 10.8. The van der Waals surface area contributed by atoms with Gasteiger partial charge in [0, 0.05) is 24.7 Å². The molecule has 0 bridgehead atoms. The molecule has 1 fully saturated rings. The Kier molecular flexibility index (Phi) is 11.3. The molecule has 0 amide bonds. The molecule has 0 heterocycles. The third-order valence-corrected chi connectivity index (χ3v) is 5.76. The molecule has 5 nitrogen and oxygen atoms in total. The number of carbonyl (C=O) groups is 2. The van der Waals surface area contributed by atoms with E-state index in [1.165, 1.54) is 0 Å². The largest absolute Gasteiger partial charge is 0.481 e. The van der Waals surface area contributed by atoms with Crippen LogP contribution >= 0.6 is 0 Å². The molecular weight excluding hydrogens is 356 g/mol. The average molecular weight is 395 g/mol. The maximum Gasteiger partial charge on any atom is 0.303 e. The summed E-state index contributed by atoms with van der Waals surface area (Å²) in [6, 6.07) is 0. The van der Waals surface area contributed by atoms with Gasteiger partial charge in [-0.25, -0.2) is 0 Å². The van der Waals surface area contributed by atoms with Crippen LogP contribution in [0.5, 0.6) is 0 Å². The summed E-state index contributed by atoms with van der Waals surface area (Å²) < 4.78 is 0. The number of carbonyl (C=O) groups excluding carboxylic acids is 1. The smallest absolute Gasteiger partial charge is 0.303 e. The molecule has 1 saturated carbocycles. The first-order valence-corrected chi connectivity index (χ1v) is 10.8. The maximum atomic E-state index is 12.3. The van der Waals surface area contributed by atoms with E-state index in [0.29, 0.717) is 25.7 Å². The van der Waals surface area contributed by atoms with Crippen LogP contribution in [0.2, 0.25) is 0 Å². The van der Waals surface area contributed by atoms with Crippen molar-refractivity contribution in [1.82, 2.24) is 0 Å². The molecule has 1 rings (SSSR count). The van der Waals surface area contributed by atoms with Gasteiger partial charge in [0.1, 0.15) is 5.78 Å². The second kappa shape index (κ2) is 12.9. The fraction of sp³-hybridized carbons (Fsp3) is 0.739. The maximum absolute atomic E-state index is 12.3. The topological polar surface area (TPSA) is 94.8 Å². The molecule has 0 spiro atoms. The van der Waals surface area contributed by atoms with Crippen LogP contribution in [0.15, 0.2) is 24.8 Å². The van der Waals surface area contributed by atoms with Crippen molar-refractivity contribution in [3.63, 3.8) is 0 Å². The Labute approximate surface area is 169 Å². The number of hydrogen-bond donors (Lipinski definition) is 3. The minimum absolute atomic E-state index is 0.111. The Balaban J connectivity index is 2.55. The Morgan fingerprint density at radius 1 is 1.21 bits per heavy atom. The highest BCUT2D eigenvalue weighted by Gasteiger charge is 2.39. The third-order valence-electron chi connectivity index (χ3n) is 5.76. The first kappa shape index (κ1) is 24.6. The van der Waals surface area contributed by atoms with Crippen LogP contribution in [0, 0.1) is 11.8 Å². The fourth-order valence-electron chi connectivity index (χ4n) is 4.09. The van der Waals surface area contributed by atoms with E-state index in [1.807, 2.05) is 12.2 Å². The Morgan fingerprint density at radius 2 is 1.93 bits per heavy atom. The summed E-state index contributed by atoms with van der Waals surface area (Å²) >= 11 is 0. The van der Waals surface area contributed by atoms with E-state index in [2.05, 4.69) is 13.5 Å². The van der Waals surface area contributed by atoms with Crippen molar-refractivity contribution in [3.8, 4) is 0 Å². The van der Waals surface area contributed by atoms with Crippen LogP contribution < -0.4 is 0 Å². The van der Waals surface area contributed by atoms with E-state index in [0.717, 1.165) is 38.5 Å². The summed E-state index contributed by atoms with van der Waals surface area (Å²) in [4.78, 5) is 22.8. The van der Waals surface area contributed by atoms with Gasteiger partial charge in [-0.3, -0.25) is 9.59 Å². The van der Waals surface area contributed by atoms with Gasteiger partial charge in [-0.05, 0) is 32.1 Å². The van der Waals surface area contributed by atoms with Crippen LogP contribution in [0.4, 0.5) is 0 Å². The minimum Gasteiger partial charge on any atom is -0.481 e. The standard InChI is InChI=1S/C23H38O5/c1-3-5-15-23(28,14-4-2)16-10-12-19-18(20(24)17-21(19)25)11-8-6-7-9-13-22(26)27/h4,10,12,18-19,21,25,28H,2-3,5-9,11,13-17H2,1H3,(H,26,27)/t18-,19-,21-,23?/m1/s1. The number of aliphatic hydroxyl groups excluding tert-OH is 1. The number of hydrogen-bond acceptors (Lipinski definition) is 4. The molecule has 0 aliphatic heterocycles. The van der Waals surface area contributed by atoms with Crippen LogP contribution in [0.1, 0.15) is 84.0 Å². The molecule has 1 aliphatic carbocycles. The van der Waals surface area contributed by atoms with Crippen molar-refractivity contribution in [2.24, 2.45) is 11.8 Å². The molecule has 160 valence electrons. The van der Waals surface area contributed by atoms with E-state index >= 15 is 0 Å². The van der Waals surface area contributed by atoms with Crippen LogP contribution in [-0.4, -0.2) is 38.8 Å². The number of aliphatic hydroxyl groups is 2. The zero-order chi connectivity index (χ0) is 21.0. The zero-order valence-corrected chi connectivity index (χ0v) is 17.3. The summed E-state index contributed by atoms with van der Waals surface area (Å²) in [5, 5.41) is 29.7. The summed E-state index contributed by atoms with van der Waals surface area (Å²) in [6.07, 6.45) is 13.1. The van der Waals surface area contributed by atoms with Crippen molar-refractivity contribution in [3.05, 3.63) is 24.8 Å². The van der Waals surface area contributed by atoms with Gasteiger partial charge in [0.05, 0.1) is 11.7 Å². The van der Waals surface area contributed by atoms with E-state index in [-0.39, 0.29) is 30.5 Å². The highest BCUT2D eigenvalue weighted by molar-refractivity contribution is 5.84. The summed E-state index contributed by atoms with van der Waals surface area (Å²) in [5.41, 5.74) is -0.804. The van der Waals surface area contributed by atoms with Gasteiger partial charge in [0.15, 0.2) is 0 Å². The lowest BCUT2D eigenvalue weighted by Crippen LogP contribution is -2.27. The number of ketones is 1. The van der Waals surface area contributed by atoms with Crippen molar-refractivity contribution < 1.29 is 24.9 Å². The molecular formula is C23H38O5. The van der Waals surface area contributed by atoms with Gasteiger partial charge in [-0.1, -0.05) is 57.3 Å². The summed E-state index contributed by atoms with van der Waals surface area (Å²) in [7, 11) is 0. The number of aliphatic carboxylic acids is 1. The molecule has 0 aromatic heterocycles. The lowest BCUT2D eigenvalue weighted by Gasteiger charge is -2.26. The zero-order valence-electron chi connectivity index (χ0n) is 17.3. The predicted octanol–water partition coefficient (Wildman–Crippen LogP) is 4.42. The second-order valence-electron chi connectivity index (χ2n) is 8.22. The molecule has 1 unspecified atom stereocenters. The quantitative estimate of drug-likeness (QED) is 0.282. The minimum atomic E-state index is -0.804. The molecule has 4 atom stereocenters. The van der Waals surface area contributed by atoms with Crippen molar-refractivity contribution in [2.45, 2.75) is 95.7 Å². The molecule has 3 N–H and O–H groups in total. The number of carboxylic acids is 1. The van der Waals surface area contributed by atoms with Gasteiger partial charge in [-0.15, -0.1) is 6.58 Å². The monoisotopic (exact) mass is 394 g/mol. The van der Waals surface area contributed by atoms with Crippen molar-refractivity contribution >= 4 is 11.8 Å². The molecule has 5 heteroatoms. The molecule has 0 saturated heterocycles. The normalized spacial score (nSPS) is 24.5. The highest BCUT2D eigenvalue weighted by Crippen LogP contribution is 2.35. The Hall–Kier alpha value is -1.46. The average Bonchev–Trinajstić information content (AvgIpc) is 2.89. The van der Waals surface area contributed by atoms with Crippen molar-refractivity contribution in [1.29, 1.82) is 0 Å².